The summed E-state index contributed by atoms with van der Waals surface area (Å²) in [5, 5.41) is 13.2. The Morgan fingerprint density at radius 2 is 1.86 bits per heavy atom. The van der Waals surface area contributed by atoms with Crippen molar-refractivity contribution in [3.63, 3.8) is 0 Å². The topological polar surface area (TPSA) is 122 Å². The van der Waals surface area contributed by atoms with Gasteiger partial charge in [0.25, 0.3) is 0 Å². The van der Waals surface area contributed by atoms with E-state index in [0.29, 0.717) is 12.8 Å². The Hall–Kier alpha value is -3.27. The van der Waals surface area contributed by atoms with Crippen molar-refractivity contribution in [2.24, 2.45) is 5.10 Å². The molecule has 0 aliphatic heterocycles. The number of carbonyl (C=O) groups excluding carboxylic acids is 1. The molecule has 0 saturated heterocycles. The second-order valence-electron chi connectivity index (χ2n) is 6.28. The van der Waals surface area contributed by atoms with E-state index in [1.165, 1.54) is 12.1 Å². The number of carbonyl (C=O) groups is 2. The largest absolute Gasteiger partial charge is 0.478 e. The molecule has 1 aliphatic carbocycles. The second kappa shape index (κ2) is 8.39. The fourth-order valence-electron chi connectivity index (χ4n) is 2.74. The minimum Gasteiger partial charge on any atom is -0.478 e. The monoisotopic (exact) mass is 420 g/mol. The van der Waals surface area contributed by atoms with Gasteiger partial charge in [-0.3, -0.25) is 10.2 Å². The number of nitrogens with zero attached hydrogens (tertiary/aromatic N) is 1. The molecule has 152 valence electrons. The lowest BCUT2D eigenvalue weighted by Crippen LogP contribution is -2.20. The number of hydrogen-bond acceptors (Lipinski definition) is 7. The van der Waals surface area contributed by atoms with Crippen LogP contribution in [0.2, 0.25) is 0 Å². The van der Waals surface area contributed by atoms with Gasteiger partial charge in [-0.15, -0.1) is 0 Å². The molecular weight excluding hydrogens is 403 g/mol. The van der Waals surface area contributed by atoms with E-state index < -0.39 is 26.8 Å². The lowest BCUT2D eigenvalue weighted by atomic mass is 9.97. The van der Waals surface area contributed by atoms with E-state index in [9.17, 15) is 27.5 Å². The van der Waals surface area contributed by atoms with Crippen molar-refractivity contribution in [2.75, 3.05) is 5.43 Å². The van der Waals surface area contributed by atoms with Gasteiger partial charge in [0.05, 0.1) is 5.56 Å². The quantitative estimate of drug-likeness (QED) is 0.543. The molecule has 0 unspecified atom stereocenters. The fourth-order valence-corrected chi connectivity index (χ4v) is 3.76. The van der Waals surface area contributed by atoms with Gasteiger partial charge in [0, 0.05) is 6.42 Å². The average molecular weight is 420 g/mol. The number of ketones is 1. The van der Waals surface area contributed by atoms with E-state index >= 15 is 0 Å². The highest BCUT2D eigenvalue weighted by Gasteiger charge is 2.23. The summed E-state index contributed by atoms with van der Waals surface area (Å²) in [6.07, 6.45) is 2.36. The molecule has 10 heteroatoms. The van der Waals surface area contributed by atoms with E-state index in [-0.39, 0.29) is 28.5 Å². The highest BCUT2D eigenvalue weighted by molar-refractivity contribution is 7.87. The Morgan fingerprint density at radius 3 is 2.55 bits per heavy atom. The zero-order valence-electron chi connectivity index (χ0n) is 15.1. The number of Topliss-reactive ketones (excluding diaryl/α,β-unsaturated/α-hetero) is 1. The van der Waals surface area contributed by atoms with Crippen molar-refractivity contribution >= 4 is 33.3 Å². The minimum atomic E-state index is -4.53. The minimum absolute atomic E-state index is 0.0873. The molecule has 0 bridgehead atoms. The molecule has 8 nitrogen and oxygen atoms in total. The molecule has 2 aromatic carbocycles. The molecule has 2 N–H and O–H groups in total. The van der Waals surface area contributed by atoms with Crippen molar-refractivity contribution in [3.8, 4) is 5.75 Å². The summed E-state index contributed by atoms with van der Waals surface area (Å²) in [5.74, 6) is -2.67. The maximum absolute atomic E-state index is 13.9. The molecule has 0 heterocycles. The third-order valence-corrected chi connectivity index (χ3v) is 5.50. The number of anilines is 1. The Morgan fingerprint density at radius 1 is 1.14 bits per heavy atom. The Kier molecular flexibility index (Phi) is 5.92. The Bertz CT molecular complexity index is 1100. The number of rotatable bonds is 6. The number of carboxylic acids is 1. The van der Waals surface area contributed by atoms with Crippen LogP contribution in [-0.4, -0.2) is 31.0 Å². The molecule has 0 spiro atoms. The molecule has 3 rings (SSSR count). The second-order valence-corrected chi connectivity index (χ2v) is 7.80. The first kappa shape index (κ1) is 20.5. The van der Waals surface area contributed by atoms with Crippen molar-refractivity contribution in [1.29, 1.82) is 0 Å². The standard InChI is InChI=1S/C19H17FN2O6S/c20-13-5-1-4-8-18(13)29(26,27)28-17-10-9-12(19(24)25)11-15(17)22-21-14-6-2-3-7-16(14)23/h1,4-5,8-11,22H,2-3,6-7H2,(H,24,25)/b21-14-. The average Bonchev–Trinajstić information content (AvgIpc) is 2.68. The van der Waals surface area contributed by atoms with Crippen LogP contribution in [-0.2, 0) is 14.9 Å². The number of halogens is 1. The van der Waals surface area contributed by atoms with Gasteiger partial charge in [-0.2, -0.15) is 13.5 Å². The molecule has 0 radical (unpaired) electrons. The molecule has 29 heavy (non-hydrogen) atoms. The Balaban J connectivity index is 1.96. The lowest BCUT2D eigenvalue weighted by Gasteiger charge is -2.14. The molecular formula is C19H17FN2O6S. The van der Waals surface area contributed by atoms with Crippen molar-refractivity contribution < 1.29 is 31.7 Å². The number of carboxylic acid groups (broad SMARTS) is 1. The first-order valence-electron chi connectivity index (χ1n) is 8.70. The fraction of sp³-hybridized carbons (Fsp3) is 0.211. The maximum Gasteiger partial charge on any atom is 0.342 e. The van der Waals surface area contributed by atoms with Gasteiger partial charge in [0.15, 0.2) is 11.5 Å². The molecule has 2 aromatic rings. The summed E-state index contributed by atoms with van der Waals surface area (Å²) in [5.41, 5.74) is 2.55. The van der Waals surface area contributed by atoms with Crippen molar-refractivity contribution in [1.82, 2.24) is 0 Å². The van der Waals surface area contributed by atoms with Crippen LogP contribution in [0.5, 0.6) is 5.75 Å². The zero-order chi connectivity index (χ0) is 21.0. The van der Waals surface area contributed by atoms with E-state index in [4.69, 9.17) is 4.18 Å². The first-order valence-corrected chi connectivity index (χ1v) is 10.1. The zero-order valence-corrected chi connectivity index (χ0v) is 15.9. The smallest absolute Gasteiger partial charge is 0.342 e. The predicted octanol–water partition coefficient (Wildman–Crippen LogP) is 3.20. The number of hydrazone groups is 1. The van der Waals surface area contributed by atoms with Crippen LogP contribution < -0.4 is 9.61 Å². The summed E-state index contributed by atoms with van der Waals surface area (Å²) in [4.78, 5) is 22.5. The third kappa shape index (κ3) is 4.77. The van der Waals surface area contributed by atoms with Gasteiger partial charge in [0.1, 0.15) is 22.1 Å². The van der Waals surface area contributed by atoms with Gasteiger partial charge in [-0.1, -0.05) is 12.1 Å². The first-order chi connectivity index (χ1) is 13.8. The van der Waals surface area contributed by atoms with Crippen LogP contribution in [0.1, 0.15) is 36.0 Å². The van der Waals surface area contributed by atoms with Gasteiger partial charge < -0.3 is 9.29 Å². The summed E-state index contributed by atoms with van der Waals surface area (Å²) in [7, 11) is -4.53. The lowest BCUT2D eigenvalue weighted by molar-refractivity contribution is -0.113. The van der Waals surface area contributed by atoms with Crippen LogP contribution in [0.15, 0.2) is 52.5 Å². The molecule has 1 fully saturated rings. The summed E-state index contributed by atoms with van der Waals surface area (Å²) < 4.78 is 43.8. The molecule has 0 atom stereocenters. The SMILES string of the molecule is O=C1CCCC/C1=N/Nc1cc(C(=O)O)ccc1OS(=O)(=O)c1ccccc1F. The summed E-state index contributed by atoms with van der Waals surface area (Å²) in [6.45, 7) is 0. The highest BCUT2D eigenvalue weighted by atomic mass is 32.2. The normalized spacial score (nSPS) is 15.9. The highest BCUT2D eigenvalue weighted by Crippen LogP contribution is 2.30. The van der Waals surface area contributed by atoms with Gasteiger partial charge in [0.2, 0.25) is 0 Å². The van der Waals surface area contributed by atoms with Crippen LogP contribution in [0.25, 0.3) is 0 Å². The maximum atomic E-state index is 13.9. The van der Waals surface area contributed by atoms with E-state index in [2.05, 4.69) is 10.5 Å². The number of benzene rings is 2. The predicted molar refractivity (Wildman–Crippen MR) is 102 cm³/mol. The van der Waals surface area contributed by atoms with Crippen molar-refractivity contribution in [2.45, 2.75) is 30.6 Å². The van der Waals surface area contributed by atoms with Crippen LogP contribution >= 0.6 is 0 Å². The summed E-state index contributed by atoms with van der Waals surface area (Å²) in [6, 6.07) is 8.07. The van der Waals surface area contributed by atoms with Gasteiger partial charge in [-0.25, -0.2) is 9.18 Å². The van der Waals surface area contributed by atoms with Crippen LogP contribution in [0, 0.1) is 5.82 Å². The van der Waals surface area contributed by atoms with E-state index in [0.717, 1.165) is 43.2 Å². The van der Waals surface area contributed by atoms with E-state index in [1.54, 1.807) is 0 Å². The van der Waals surface area contributed by atoms with Gasteiger partial charge >= 0.3 is 16.1 Å². The van der Waals surface area contributed by atoms with Crippen molar-refractivity contribution in [3.05, 3.63) is 53.8 Å². The number of hydrogen-bond donors (Lipinski definition) is 2. The van der Waals surface area contributed by atoms with Crippen LogP contribution in [0.3, 0.4) is 0 Å². The number of aromatic carboxylic acids is 1. The molecule has 1 aliphatic rings. The van der Waals surface area contributed by atoms with E-state index in [1.807, 2.05) is 0 Å². The van der Waals surface area contributed by atoms with Crippen LogP contribution in [0.4, 0.5) is 10.1 Å². The Labute approximate surface area is 166 Å². The third-order valence-electron chi connectivity index (χ3n) is 4.23. The molecule has 0 amide bonds. The van der Waals surface area contributed by atoms with Gasteiger partial charge in [-0.05, 0) is 49.6 Å². The molecule has 1 saturated carbocycles. The summed E-state index contributed by atoms with van der Waals surface area (Å²) >= 11 is 0. The number of nitrogens with one attached hydrogen (secondary N) is 1. The molecule has 0 aromatic heterocycles.